The number of nitrogens with zero attached hydrogens (tertiary/aromatic N) is 3. The number of carbonyl (C=O) groups excluding carboxylic acids is 1. The van der Waals surface area contributed by atoms with Crippen molar-refractivity contribution in [3.05, 3.63) is 76.9 Å². The Morgan fingerprint density at radius 2 is 1.97 bits per heavy atom. The van der Waals surface area contributed by atoms with E-state index in [9.17, 15) is 20.1 Å². The zero-order valence-electron chi connectivity index (χ0n) is 19.4. The van der Waals surface area contributed by atoms with Crippen LogP contribution in [0.4, 0.5) is 5.82 Å². The van der Waals surface area contributed by atoms with Crippen molar-refractivity contribution in [2.45, 2.75) is 44.0 Å². The van der Waals surface area contributed by atoms with Crippen molar-refractivity contribution in [3.8, 4) is 0 Å². The van der Waals surface area contributed by atoms with Crippen LogP contribution in [0.25, 0.3) is 11.0 Å². The second kappa shape index (κ2) is 11.0. The number of hydrogen-bond acceptors (Lipinski definition) is 9. The summed E-state index contributed by atoms with van der Waals surface area (Å²) in [6.07, 6.45) is 0.701. The number of fused-ring (bicyclic) bond motifs is 1. The van der Waals surface area contributed by atoms with E-state index >= 15 is 0 Å². The Hall–Kier alpha value is -2.99. The van der Waals surface area contributed by atoms with Crippen LogP contribution in [0.2, 0.25) is 10.0 Å². The molecule has 0 unspecified atom stereocenters. The first kappa shape index (κ1) is 27.6. The van der Waals surface area contributed by atoms with Crippen LogP contribution in [0.5, 0.6) is 0 Å². The number of allylic oxidation sites excluding steroid dienone is 2. The summed E-state index contributed by atoms with van der Waals surface area (Å²) in [6.45, 7) is 5.95. The highest BCUT2D eigenvalue weighted by Crippen LogP contribution is 2.44. The van der Waals surface area contributed by atoms with Gasteiger partial charge in [-0.15, -0.1) is 0 Å². The zero-order chi connectivity index (χ0) is 26.8. The van der Waals surface area contributed by atoms with E-state index in [-0.39, 0.29) is 22.4 Å². The molecule has 5 atom stereocenters. The Morgan fingerprint density at radius 1 is 1.28 bits per heavy atom. The molecule has 1 fully saturated rings. The first-order valence-corrected chi connectivity index (χ1v) is 11.4. The van der Waals surface area contributed by atoms with Crippen LogP contribution in [0.3, 0.4) is 0 Å². The van der Waals surface area contributed by atoms with Gasteiger partial charge in [-0.1, -0.05) is 35.8 Å². The van der Waals surface area contributed by atoms with Crippen molar-refractivity contribution in [3.63, 3.8) is 0 Å². The summed E-state index contributed by atoms with van der Waals surface area (Å²) in [5.41, 5.74) is 4.94. The van der Waals surface area contributed by atoms with Gasteiger partial charge in [0.1, 0.15) is 47.5 Å². The fourth-order valence-electron chi connectivity index (χ4n) is 3.71. The number of aliphatic hydroxyl groups is 4. The number of nitrogen functional groups attached to an aromatic ring is 1. The molecule has 1 aliphatic rings. The van der Waals surface area contributed by atoms with Crippen molar-refractivity contribution in [2.24, 2.45) is 0 Å². The fourth-order valence-corrected chi connectivity index (χ4v) is 4.02. The lowest BCUT2D eigenvalue weighted by atomic mass is 9.88. The molecule has 0 amide bonds. The van der Waals surface area contributed by atoms with Crippen LogP contribution in [0, 0.1) is 0 Å². The largest absolute Gasteiger partial charge is 0.509 e. The molecule has 192 valence electrons. The highest BCUT2D eigenvalue weighted by atomic mass is 35.5. The number of aromatic nitrogens is 3. The lowest BCUT2D eigenvalue weighted by Gasteiger charge is -2.29. The molecule has 10 nitrogen and oxygen atoms in total. The molecule has 1 saturated heterocycles. The maximum Gasteiger partial charge on any atom is 0.164 e. The maximum absolute atomic E-state index is 10.9. The fraction of sp³-hybridized carbons (Fsp3) is 0.292. The number of ether oxygens (including phenoxy) is 1. The van der Waals surface area contributed by atoms with Gasteiger partial charge in [-0.05, 0) is 49.8 Å². The number of ketones is 1. The summed E-state index contributed by atoms with van der Waals surface area (Å²) in [5.74, 6) is 0.0933. The van der Waals surface area contributed by atoms with Gasteiger partial charge in [0.05, 0.1) is 15.4 Å². The number of nitrogens with two attached hydrogens (primary N) is 1. The lowest BCUT2D eigenvalue weighted by molar-refractivity contribution is -0.115. The minimum absolute atomic E-state index is 0.0970. The molecule has 0 radical (unpaired) electrons. The Bertz CT molecular complexity index is 1290. The normalized spacial score (nSPS) is 24.5. The van der Waals surface area contributed by atoms with Gasteiger partial charge < -0.3 is 35.5 Å². The molecular formula is C24H26Cl2N4O6. The highest BCUT2D eigenvalue weighted by Gasteiger charge is 2.55. The van der Waals surface area contributed by atoms with Crippen LogP contribution >= 0.6 is 23.2 Å². The smallest absolute Gasteiger partial charge is 0.164 e. The molecule has 36 heavy (non-hydrogen) atoms. The molecule has 0 spiro atoms. The predicted octanol–water partition coefficient (Wildman–Crippen LogP) is 3.27. The molecule has 3 heterocycles. The Morgan fingerprint density at radius 3 is 2.56 bits per heavy atom. The number of carbonyl (C=O) groups is 1. The molecule has 4 rings (SSSR count). The van der Waals surface area contributed by atoms with Gasteiger partial charge in [-0.3, -0.25) is 4.79 Å². The van der Waals surface area contributed by atoms with Gasteiger partial charge in [0.25, 0.3) is 0 Å². The summed E-state index contributed by atoms with van der Waals surface area (Å²) in [6, 6.07) is 6.31. The third-order valence-corrected chi connectivity index (χ3v) is 6.37. The second-order valence-corrected chi connectivity index (χ2v) is 9.21. The molecule has 0 saturated carbocycles. The summed E-state index contributed by atoms with van der Waals surface area (Å²) < 4.78 is 7.45. The highest BCUT2D eigenvalue weighted by molar-refractivity contribution is 6.42. The number of benzene rings is 1. The molecule has 0 bridgehead atoms. The van der Waals surface area contributed by atoms with Gasteiger partial charge in [0.2, 0.25) is 0 Å². The van der Waals surface area contributed by atoms with Crippen LogP contribution < -0.4 is 5.73 Å². The average Bonchev–Trinajstić information content (AvgIpc) is 3.34. The second-order valence-electron chi connectivity index (χ2n) is 8.39. The van der Waals surface area contributed by atoms with Crippen molar-refractivity contribution < 1.29 is 30.0 Å². The third-order valence-electron chi connectivity index (χ3n) is 5.63. The summed E-state index contributed by atoms with van der Waals surface area (Å²) in [7, 11) is 0. The monoisotopic (exact) mass is 536 g/mol. The summed E-state index contributed by atoms with van der Waals surface area (Å²) >= 11 is 12.0. The number of rotatable bonds is 5. The topological polar surface area (TPSA) is 164 Å². The van der Waals surface area contributed by atoms with Crippen molar-refractivity contribution in [1.29, 1.82) is 0 Å². The number of halogens is 2. The van der Waals surface area contributed by atoms with Crippen molar-refractivity contribution >= 4 is 45.8 Å². The maximum atomic E-state index is 10.9. The molecule has 2 aromatic heterocycles. The Kier molecular flexibility index (Phi) is 8.40. The van der Waals surface area contributed by atoms with E-state index in [1.54, 1.807) is 29.0 Å². The quantitative estimate of drug-likeness (QED) is 0.187. The summed E-state index contributed by atoms with van der Waals surface area (Å²) in [4.78, 5) is 18.2. The minimum atomic E-state index is -1.76. The minimum Gasteiger partial charge on any atom is -0.509 e. The predicted molar refractivity (Wildman–Crippen MR) is 135 cm³/mol. The Labute approximate surface area is 216 Å². The van der Waals surface area contributed by atoms with E-state index in [1.807, 2.05) is 0 Å². The van der Waals surface area contributed by atoms with Crippen molar-refractivity contribution in [1.82, 2.24) is 14.5 Å². The third kappa shape index (κ3) is 5.70. The van der Waals surface area contributed by atoms with E-state index in [0.717, 1.165) is 0 Å². The standard InChI is InChI=1S/C18H18Cl2N4O4.C6H8O2/c1-18(27)13(26)17(24-5-4-9-15(21)22-7-23-16(9)24)28-14(18)12(25)8-2-3-10(19)11(20)6-8;1-5(7)3-4-6(2)8/h2-7,12-14,17,25-27H,1H3,(H2,21,22,23);3-4,7H,1H2,2H3/b;4-3-/t12-,13+,14-,17-,18+;/m1./s1. The van der Waals surface area contributed by atoms with E-state index in [2.05, 4.69) is 16.5 Å². The Balaban J connectivity index is 0.000000392. The first-order valence-electron chi connectivity index (χ1n) is 10.7. The van der Waals surface area contributed by atoms with Gasteiger partial charge in [0, 0.05) is 6.20 Å². The van der Waals surface area contributed by atoms with Gasteiger partial charge >= 0.3 is 0 Å². The zero-order valence-corrected chi connectivity index (χ0v) is 20.9. The van der Waals surface area contributed by atoms with Gasteiger partial charge in [-0.2, -0.15) is 0 Å². The van der Waals surface area contributed by atoms with Crippen molar-refractivity contribution in [2.75, 3.05) is 5.73 Å². The molecule has 3 aromatic rings. The van der Waals surface area contributed by atoms with E-state index < -0.39 is 30.1 Å². The molecular weight excluding hydrogens is 511 g/mol. The molecule has 1 aromatic carbocycles. The van der Waals surface area contributed by atoms with Crippen LogP contribution in [0.1, 0.15) is 31.7 Å². The lowest BCUT2D eigenvalue weighted by Crippen LogP contribution is -2.47. The molecule has 12 heteroatoms. The van der Waals surface area contributed by atoms with Crippen LogP contribution in [-0.4, -0.2) is 58.6 Å². The van der Waals surface area contributed by atoms with E-state index in [4.69, 9.17) is 38.8 Å². The summed E-state index contributed by atoms with van der Waals surface area (Å²) in [5, 5.41) is 42.0. The van der Waals surface area contributed by atoms with E-state index in [0.29, 0.717) is 21.6 Å². The molecule has 0 aliphatic carbocycles. The van der Waals surface area contributed by atoms with Gasteiger partial charge in [-0.25, -0.2) is 9.97 Å². The number of aliphatic hydroxyl groups excluding tert-OH is 3. The van der Waals surface area contributed by atoms with Crippen LogP contribution in [-0.2, 0) is 9.53 Å². The first-order chi connectivity index (χ1) is 16.8. The number of hydrogen-bond donors (Lipinski definition) is 5. The SMILES string of the molecule is C=C(O)/C=C\C(C)=O.C[C@@]1(O)[C@@H]([C@H](O)c2ccc(Cl)c(Cl)c2)O[C@@H](n2ccc3c(N)ncnc32)[C@@H]1O. The van der Waals surface area contributed by atoms with Gasteiger partial charge in [0.15, 0.2) is 12.0 Å². The van der Waals surface area contributed by atoms with E-state index in [1.165, 1.54) is 38.4 Å². The number of anilines is 1. The average molecular weight is 537 g/mol. The van der Waals surface area contributed by atoms with Crippen LogP contribution in [0.15, 0.2) is 61.3 Å². The molecule has 1 aliphatic heterocycles. The molecule has 6 N–H and O–H groups in total.